The number of nitro groups is 1. The third kappa shape index (κ3) is 4.80. The molecular formula is C20H20N4O4S. The summed E-state index contributed by atoms with van der Waals surface area (Å²) >= 11 is 1.23. The Labute approximate surface area is 172 Å². The number of rotatable bonds is 6. The lowest BCUT2D eigenvalue weighted by molar-refractivity contribution is -0.383. The molecule has 2 amide bonds. The fraction of sp³-hybridized carbons (Fsp3) is 0.250. The largest absolute Gasteiger partial charge is 0.320 e. The zero-order chi connectivity index (χ0) is 21.0. The average Bonchev–Trinajstić information content (AvgIpc) is 2.98. The first-order chi connectivity index (χ1) is 13.9. The van der Waals surface area contributed by atoms with E-state index >= 15 is 0 Å². The van der Waals surface area contributed by atoms with Crippen LogP contribution in [0.1, 0.15) is 18.9 Å². The molecule has 2 aromatic carbocycles. The summed E-state index contributed by atoms with van der Waals surface area (Å²) in [6.07, 6.45) is -0.0982. The third-order valence-electron chi connectivity index (χ3n) is 4.34. The van der Waals surface area contributed by atoms with Gasteiger partial charge in [0.05, 0.1) is 10.6 Å². The zero-order valence-corrected chi connectivity index (χ0v) is 16.8. The molecule has 2 aromatic rings. The fourth-order valence-corrected chi connectivity index (χ4v) is 4.08. The molecule has 29 heavy (non-hydrogen) atoms. The van der Waals surface area contributed by atoms with Gasteiger partial charge >= 0.3 is 0 Å². The number of para-hydroxylation sites is 2. The molecule has 0 radical (unpaired) electrons. The number of aliphatic imine (C=N–C) groups is 1. The van der Waals surface area contributed by atoms with E-state index in [2.05, 4.69) is 10.3 Å². The lowest BCUT2D eigenvalue weighted by Crippen LogP contribution is -2.33. The predicted octanol–water partition coefficient (Wildman–Crippen LogP) is 3.88. The maximum Gasteiger partial charge on any atom is 0.292 e. The molecule has 1 aliphatic rings. The summed E-state index contributed by atoms with van der Waals surface area (Å²) < 4.78 is 0. The number of amidine groups is 1. The first-order valence-corrected chi connectivity index (χ1v) is 9.93. The van der Waals surface area contributed by atoms with Gasteiger partial charge in [-0.3, -0.25) is 24.6 Å². The second kappa shape index (κ2) is 8.87. The monoisotopic (exact) mass is 412 g/mol. The van der Waals surface area contributed by atoms with Crippen molar-refractivity contribution in [3.63, 3.8) is 0 Å². The highest BCUT2D eigenvalue weighted by atomic mass is 32.2. The van der Waals surface area contributed by atoms with Gasteiger partial charge in [0.2, 0.25) is 11.8 Å². The van der Waals surface area contributed by atoms with Crippen molar-refractivity contribution >= 4 is 45.8 Å². The maximum absolute atomic E-state index is 12.7. The summed E-state index contributed by atoms with van der Waals surface area (Å²) in [5.74, 6) is -0.654. The van der Waals surface area contributed by atoms with Crippen LogP contribution in [0.25, 0.3) is 0 Å². The molecule has 8 nitrogen and oxygen atoms in total. The number of thioether (sulfide) groups is 1. The molecular weight excluding hydrogens is 392 g/mol. The van der Waals surface area contributed by atoms with Crippen LogP contribution in [0.5, 0.6) is 0 Å². The van der Waals surface area contributed by atoms with Crippen molar-refractivity contribution in [1.82, 2.24) is 4.90 Å². The van der Waals surface area contributed by atoms with E-state index in [1.165, 1.54) is 30.0 Å². The van der Waals surface area contributed by atoms with Crippen molar-refractivity contribution in [2.75, 3.05) is 11.9 Å². The van der Waals surface area contributed by atoms with Crippen LogP contribution in [0.4, 0.5) is 17.1 Å². The molecule has 150 valence electrons. The van der Waals surface area contributed by atoms with Crippen molar-refractivity contribution < 1.29 is 14.5 Å². The Bertz CT molecular complexity index is 975. The van der Waals surface area contributed by atoms with Gasteiger partial charge in [0, 0.05) is 19.0 Å². The number of amides is 2. The van der Waals surface area contributed by atoms with Crippen LogP contribution in [0.15, 0.2) is 53.5 Å². The van der Waals surface area contributed by atoms with Crippen LogP contribution in [0.3, 0.4) is 0 Å². The fourth-order valence-electron chi connectivity index (χ4n) is 2.85. The Hall–Kier alpha value is -3.20. The molecule has 3 rings (SSSR count). The Morgan fingerprint density at radius 3 is 2.59 bits per heavy atom. The van der Waals surface area contributed by atoms with E-state index in [0.29, 0.717) is 11.7 Å². The van der Waals surface area contributed by atoms with Crippen LogP contribution in [0, 0.1) is 17.0 Å². The number of anilines is 1. The van der Waals surface area contributed by atoms with Gasteiger partial charge < -0.3 is 5.32 Å². The summed E-state index contributed by atoms with van der Waals surface area (Å²) in [5, 5.41) is 13.6. The van der Waals surface area contributed by atoms with Gasteiger partial charge in [-0.1, -0.05) is 41.6 Å². The molecule has 1 heterocycles. The first-order valence-electron chi connectivity index (χ1n) is 9.05. The minimum absolute atomic E-state index is 0.0982. The number of nitro benzene ring substituents is 1. The molecule has 1 saturated heterocycles. The number of nitrogens with zero attached hydrogens (tertiary/aromatic N) is 3. The molecule has 9 heteroatoms. The van der Waals surface area contributed by atoms with Gasteiger partial charge in [-0.15, -0.1) is 0 Å². The van der Waals surface area contributed by atoms with Crippen molar-refractivity contribution in [1.29, 1.82) is 0 Å². The van der Waals surface area contributed by atoms with E-state index in [4.69, 9.17) is 0 Å². The molecule has 0 bridgehead atoms. The number of nitrogens with one attached hydrogen (secondary N) is 1. The van der Waals surface area contributed by atoms with E-state index in [9.17, 15) is 19.7 Å². The lowest BCUT2D eigenvalue weighted by Gasteiger charge is -2.13. The van der Waals surface area contributed by atoms with Crippen molar-refractivity contribution in [2.24, 2.45) is 4.99 Å². The molecule has 0 aliphatic carbocycles. The standard InChI is InChI=1S/C20H20N4O4S/c1-3-23-19(26)17(29-20(23)21-14-10-8-13(2)9-11-14)12-18(25)22-15-6-4-5-7-16(15)24(27)28/h4-11,17H,3,12H2,1-2H3,(H,22,25)/t17-/m1/s1. The predicted molar refractivity (Wildman–Crippen MR) is 113 cm³/mol. The van der Waals surface area contributed by atoms with Crippen molar-refractivity contribution in [2.45, 2.75) is 25.5 Å². The summed E-state index contributed by atoms with van der Waals surface area (Å²) in [7, 11) is 0. The van der Waals surface area contributed by atoms with E-state index in [0.717, 1.165) is 11.3 Å². The van der Waals surface area contributed by atoms with Crippen molar-refractivity contribution in [3.8, 4) is 0 Å². The van der Waals surface area contributed by atoms with Gasteiger partial charge in [0.1, 0.15) is 10.9 Å². The smallest absolute Gasteiger partial charge is 0.292 e. The average molecular weight is 412 g/mol. The Morgan fingerprint density at radius 2 is 1.93 bits per heavy atom. The van der Waals surface area contributed by atoms with Crippen LogP contribution < -0.4 is 5.32 Å². The second-order valence-electron chi connectivity index (χ2n) is 6.45. The van der Waals surface area contributed by atoms with Gasteiger partial charge in [-0.05, 0) is 32.0 Å². The van der Waals surface area contributed by atoms with E-state index in [-0.39, 0.29) is 23.7 Å². The molecule has 0 saturated carbocycles. The topological polar surface area (TPSA) is 105 Å². The summed E-state index contributed by atoms with van der Waals surface area (Å²) in [5.41, 5.74) is 1.76. The molecule has 0 unspecified atom stereocenters. The minimum atomic E-state index is -0.623. The number of carbonyl (C=O) groups excluding carboxylic acids is 2. The quantitative estimate of drug-likeness (QED) is 0.572. The van der Waals surface area contributed by atoms with Crippen LogP contribution in [-0.4, -0.2) is 38.6 Å². The van der Waals surface area contributed by atoms with Crippen LogP contribution in [0.2, 0.25) is 0 Å². The van der Waals surface area contributed by atoms with Crippen LogP contribution >= 0.6 is 11.8 Å². The summed E-state index contributed by atoms with van der Waals surface area (Å²) in [6.45, 7) is 4.27. The molecule has 1 aliphatic heterocycles. The van der Waals surface area contributed by atoms with Crippen LogP contribution in [-0.2, 0) is 9.59 Å². The molecule has 0 aromatic heterocycles. The molecule has 1 N–H and O–H groups in total. The Kier molecular flexibility index (Phi) is 6.28. The van der Waals surface area contributed by atoms with E-state index < -0.39 is 16.1 Å². The number of hydrogen-bond donors (Lipinski definition) is 1. The summed E-state index contributed by atoms with van der Waals surface area (Å²) in [4.78, 5) is 41.7. The molecule has 1 atom stereocenters. The first kappa shape index (κ1) is 20.5. The third-order valence-corrected chi connectivity index (χ3v) is 5.52. The Balaban J connectivity index is 1.73. The highest BCUT2D eigenvalue weighted by Gasteiger charge is 2.38. The SMILES string of the molecule is CCN1C(=O)[C@@H](CC(=O)Nc2ccccc2[N+](=O)[O-])SC1=Nc1ccc(C)cc1. The van der Waals surface area contributed by atoms with E-state index in [1.54, 1.807) is 11.0 Å². The zero-order valence-electron chi connectivity index (χ0n) is 16.0. The second-order valence-corrected chi connectivity index (χ2v) is 7.62. The van der Waals surface area contributed by atoms with Gasteiger partial charge in [0.15, 0.2) is 5.17 Å². The van der Waals surface area contributed by atoms with Crippen molar-refractivity contribution in [3.05, 3.63) is 64.2 Å². The number of benzene rings is 2. The summed E-state index contributed by atoms with van der Waals surface area (Å²) in [6, 6.07) is 13.5. The van der Waals surface area contributed by atoms with Gasteiger partial charge in [0.25, 0.3) is 5.69 Å². The number of carbonyl (C=O) groups is 2. The highest BCUT2D eigenvalue weighted by molar-refractivity contribution is 8.15. The lowest BCUT2D eigenvalue weighted by atomic mass is 10.2. The highest BCUT2D eigenvalue weighted by Crippen LogP contribution is 2.32. The number of hydrogen-bond acceptors (Lipinski definition) is 6. The van der Waals surface area contributed by atoms with E-state index in [1.807, 2.05) is 38.1 Å². The minimum Gasteiger partial charge on any atom is -0.320 e. The Morgan fingerprint density at radius 1 is 1.24 bits per heavy atom. The molecule has 0 spiro atoms. The molecule has 1 fully saturated rings. The van der Waals surface area contributed by atoms with Gasteiger partial charge in [-0.2, -0.15) is 0 Å². The normalized spacial score (nSPS) is 17.6. The maximum atomic E-state index is 12.7. The van der Waals surface area contributed by atoms with Gasteiger partial charge in [-0.25, -0.2) is 4.99 Å². The number of aryl methyl sites for hydroxylation is 1.